The molecule has 1 fully saturated rings. The molecule has 0 aliphatic carbocycles. The van der Waals surface area contributed by atoms with Crippen molar-refractivity contribution >= 4 is 27.6 Å². The summed E-state index contributed by atoms with van der Waals surface area (Å²) in [7, 11) is 0. The molecular formula is C11H13BrN2O2. The van der Waals surface area contributed by atoms with E-state index in [2.05, 4.69) is 25.8 Å². The second kappa shape index (κ2) is 4.82. The van der Waals surface area contributed by atoms with Gasteiger partial charge in [0.15, 0.2) is 0 Å². The first-order chi connectivity index (χ1) is 7.66. The number of rotatable bonds is 2. The van der Waals surface area contributed by atoms with Crippen molar-refractivity contribution in [2.75, 3.05) is 18.0 Å². The predicted octanol–water partition coefficient (Wildman–Crippen LogP) is 2.15. The first kappa shape index (κ1) is 11.4. The summed E-state index contributed by atoms with van der Waals surface area (Å²) in [5.41, 5.74) is 1.04. The molecule has 0 unspecified atom stereocenters. The maximum absolute atomic E-state index is 10.9. The number of halogens is 1. The fraction of sp³-hybridized carbons (Fsp3) is 0.455. The fourth-order valence-electron chi connectivity index (χ4n) is 2.00. The first-order valence-electron chi connectivity index (χ1n) is 5.26. The summed E-state index contributed by atoms with van der Waals surface area (Å²) in [6, 6.07) is 3.83. The van der Waals surface area contributed by atoms with Gasteiger partial charge in [0.1, 0.15) is 4.60 Å². The van der Waals surface area contributed by atoms with Gasteiger partial charge in [0.25, 0.3) is 0 Å². The highest BCUT2D eigenvalue weighted by molar-refractivity contribution is 9.10. The van der Waals surface area contributed by atoms with Gasteiger partial charge in [-0.2, -0.15) is 0 Å². The third-order valence-corrected chi connectivity index (χ3v) is 3.28. The van der Waals surface area contributed by atoms with E-state index >= 15 is 0 Å². The third kappa shape index (κ3) is 2.52. The molecule has 0 amide bonds. The molecule has 5 heteroatoms. The molecular weight excluding hydrogens is 272 g/mol. The van der Waals surface area contributed by atoms with Gasteiger partial charge in [-0.1, -0.05) is 0 Å². The second-order valence-electron chi connectivity index (χ2n) is 3.96. The minimum Gasteiger partial charge on any atom is -0.481 e. The van der Waals surface area contributed by atoms with Crippen molar-refractivity contribution in [2.24, 2.45) is 5.92 Å². The monoisotopic (exact) mass is 284 g/mol. The quantitative estimate of drug-likeness (QED) is 0.846. The van der Waals surface area contributed by atoms with Gasteiger partial charge in [-0.3, -0.25) is 4.79 Å². The third-order valence-electron chi connectivity index (χ3n) is 2.85. The maximum atomic E-state index is 10.9. The van der Waals surface area contributed by atoms with E-state index in [4.69, 9.17) is 5.11 Å². The highest BCUT2D eigenvalue weighted by atomic mass is 79.9. The molecule has 0 saturated carbocycles. The van der Waals surface area contributed by atoms with Crippen LogP contribution in [0.25, 0.3) is 0 Å². The molecule has 4 nitrogen and oxygen atoms in total. The summed E-state index contributed by atoms with van der Waals surface area (Å²) in [6.45, 7) is 1.51. The number of anilines is 1. The minimum absolute atomic E-state index is 0.249. The zero-order valence-electron chi connectivity index (χ0n) is 8.77. The van der Waals surface area contributed by atoms with Crippen LogP contribution < -0.4 is 4.90 Å². The number of piperidine rings is 1. The molecule has 2 heterocycles. The normalized spacial score (nSPS) is 20.8. The Balaban J connectivity index is 2.12. The van der Waals surface area contributed by atoms with Crippen LogP contribution >= 0.6 is 15.9 Å². The Kier molecular flexibility index (Phi) is 3.43. The standard InChI is InChI=1S/C11H13BrN2O2/c12-10-6-9(3-4-13-10)14-5-1-2-8(7-14)11(15)16/h3-4,6,8H,1-2,5,7H2,(H,15,16)/t8-/m0/s1. The van der Waals surface area contributed by atoms with E-state index in [1.54, 1.807) is 6.20 Å². The predicted molar refractivity (Wildman–Crippen MR) is 64.5 cm³/mol. The van der Waals surface area contributed by atoms with Gasteiger partial charge in [-0.15, -0.1) is 0 Å². The SMILES string of the molecule is O=C(O)[C@H]1CCCN(c2ccnc(Br)c2)C1. The van der Waals surface area contributed by atoms with Gasteiger partial charge in [0.2, 0.25) is 0 Å². The van der Waals surface area contributed by atoms with E-state index in [9.17, 15) is 4.79 Å². The molecule has 1 aromatic heterocycles. The highest BCUT2D eigenvalue weighted by Gasteiger charge is 2.25. The van der Waals surface area contributed by atoms with Crippen LogP contribution in [0.1, 0.15) is 12.8 Å². The largest absolute Gasteiger partial charge is 0.481 e. The molecule has 86 valence electrons. The van der Waals surface area contributed by atoms with Gasteiger partial charge in [-0.25, -0.2) is 4.98 Å². The molecule has 2 rings (SSSR count). The number of carboxylic acid groups (broad SMARTS) is 1. The number of aliphatic carboxylic acids is 1. The number of aromatic nitrogens is 1. The van der Waals surface area contributed by atoms with Crippen molar-refractivity contribution in [3.05, 3.63) is 22.9 Å². The summed E-state index contributed by atoms with van der Waals surface area (Å²) in [6.07, 6.45) is 3.43. The number of carboxylic acids is 1. The Bertz CT molecular complexity index is 397. The average Bonchev–Trinajstić information content (AvgIpc) is 2.29. The van der Waals surface area contributed by atoms with E-state index in [0.717, 1.165) is 29.7 Å². The van der Waals surface area contributed by atoms with Crippen LogP contribution in [0.5, 0.6) is 0 Å². The van der Waals surface area contributed by atoms with Crippen LogP contribution in [0.3, 0.4) is 0 Å². The molecule has 1 saturated heterocycles. The molecule has 16 heavy (non-hydrogen) atoms. The zero-order chi connectivity index (χ0) is 11.5. The van der Waals surface area contributed by atoms with E-state index < -0.39 is 5.97 Å². The summed E-state index contributed by atoms with van der Waals surface area (Å²) in [5.74, 6) is -0.946. The van der Waals surface area contributed by atoms with Crippen molar-refractivity contribution in [2.45, 2.75) is 12.8 Å². The van der Waals surface area contributed by atoms with E-state index in [1.807, 2.05) is 12.1 Å². The topological polar surface area (TPSA) is 53.4 Å². The lowest BCUT2D eigenvalue weighted by molar-refractivity contribution is -0.141. The van der Waals surface area contributed by atoms with Gasteiger partial charge in [-0.05, 0) is 40.9 Å². The Morgan fingerprint density at radius 2 is 2.44 bits per heavy atom. The number of pyridine rings is 1. The van der Waals surface area contributed by atoms with Crippen molar-refractivity contribution < 1.29 is 9.90 Å². The Morgan fingerprint density at radius 1 is 1.62 bits per heavy atom. The molecule has 1 aromatic rings. The number of nitrogens with zero attached hydrogens (tertiary/aromatic N) is 2. The van der Waals surface area contributed by atoms with Gasteiger partial charge in [0, 0.05) is 25.0 Å². The molecule has 1 aliphatic heterocycles. The van der Waals surface area contributed by atoms with Gasteiger partial charge < -0.3 is 10.0 Å². The maximum Gasteiger partial charge on any atom is 0.308 e. The van der Waals surface area contributed by atoms with E-state index in [0.29, 0.717) is 6.54 Å². The second-order valence-corrected chi connectivity index (χ2v) is 4.77. The minimum atomic E-state index is -0.696. The van der Waals surface area contributed by atoms with Crippen molar-refractivity contribution in [3.8, 4) is 0 Å². The van der Waals surface area contributed by atoms with Gasteiger partial charge in [0.05, 0.1) is 5.92 Å². The van der Waals surface area contributed by atoms with Gasteiger partial charge >= 0.3 is 5.97 Å². The number of carbonyl (C=O) groups is 1. The Labute approximate surface area is 102 Å². The number of hydrogen-bond acceptors (Lipinski definition) is 3. The van der Waals surface area contributed by atoms with E-state index in [1.165, 1.54) is 0 Å². The Morgan fingerprint density at radius 3 is 3.12 bits per heavy atom. The fourth-order valence-corrected chi connectivity index (χ4v) is 2.35. The summed E-state index contributed by atoms with van der Waals surface area (Å²) in [5, 5.41) is 9.01. The van der Waals surface area contributed by atoms with E-state index in [-0.39, 0.29) is 5.92 Å². The van der Waals surface area contributed by atoms with Crippen LogP contribution in [-0.2, 0) is 4.79 Å². The first-order valence-corrected chi connectivity index (χ1v) is 6.05. The molecule has 1 atom stereocenters. The van der Waals surface area contributed by atoms with Crippen molar-refractivity contribution in [1.29, 1.82) is 0 Å². The van der Waals surface area contributed by atoms with Crippen LogP contribution in [0.2, 0.25) is 0 Å². The van der Waals surface area contributed by atoms with Crippen LogP contribution in [0, 0.1) is 5.92 Å². The lowest BCUT2D eigenvalue weighted by Crippen LogP contribution is -2.38. The zero-order valence-corrected chi connectivity index (χ0v) is 10.4. The van der Waals surface area contributed by atoms with Crippen molar-refractivity contribution in [3.63, 3.8) is 0 Å². The smallest absolute Gasteiger partial charge is 0.308 e. The Hall–Kier alpha value is -1.10. The lowest BCUT2D eigenvalue weighted by Gasteiger charge is -2.32. The average molecular weight is 285 g/mol. The van der Waals surface area contributed by atoms with Crippen LogP contribution in [0.4, 0.5) is 5.69 Å². The molecule has 0 radical (unpaired) electrons. The lowest BCUT2D eigenvalue weighted by atomic mass is 9.98. The summed E-state index contributed by atoms with van der Waals surface area (Å²) in [4.78, 5) is 17.1. The molecule has 1 aliphatic rings. The van der Waals surface area contributed by atoms with Crippen molar-refractivity contribution in [1.82, 2.24) is 4.98 Å². The summed E-state index contributed by atoms with van der Waals surface area (Å²) < 4.78 is 0.780. The molecule has 0 aromatic carbocycles. The molecule has 0 spiro atoms. The molecule has 1 N–H and O–H groups in total. The molecule has 0 bridgehead atoms. The van der Waals surface area contributed by atoms with Crippen LogP contribution in [0.15, 0.2) is 22.9 Å². The summed E-state index contributed by atoms with van der Waals surface area (Å²) >= 11 is 3.32. The highest BCUT2D eigenvalue weighted by Crippen LogP contribution is 2.24. The van der Waals surface area contributed by atoms with Crippen LogP contribution in [-0.4, -0.2) is 29.1 Å². The number of hydrogen-bond donors (Lipinski definition) is 1.